The first-order valence-corrected chi connectivity index (χ1v) is 5.66. The number of hydrogen-bond acceptors (Lipinski definition) is 3. The van der Waals surface area contributed by atoms with Crippen molar-refractivity contribution in [1.82, 2.24) is 0 Å². The highest BCUT2D eigenvalue weighted by Crippen LogP contribution is 2.35. The summed E-state index contributed by atoms with van der Waals surface area (Å²) in [6, 6.07) is 12.5. The van der Waals surface area contributed by atoms with Gasteiger partial charge in [-0.2, -0.15) is 0 Å². The molecule has 0 saturated heterocycles. The Hall–Kier alpha value is -2.42. The molecule has 3 nitrogen and oxygen atoms in total. The summed E-state index contributed by atoms with van der Waals surface area (Å²) >= 11 is 0. The summed E-state index contributed by atoms with van der Waals surface area (Å²) in [4.78, 5) is 0. The fourth-order valence-electron chi connectivity index (χ4n) is 1.97. The Kier molecular flexibility index (Phi) is 2.27. The Balaban J connectivity index is 2.19. The van der Waals surface area contributed by atoms with Crippen molar-refractivity contribution in [1.29, 1.82) is 0 Å². The third kappa shape index (κ3) is 1.70. The van der Waals surface area contributed by atoms with E-state index >= 15 is 0 Å². The SMILES string of the molecule is Cc1ccc(-c2cc3c(O)cc(O)cc3o2)cc1. The van der Waals surface area contributed by atoms with Gasteiger partial charge in [0.15, 0.2) is 0 Å². The minimum Gasteiger partial charge on any atom is -0.508 e. The number of rotatable bonds is 1. The first kappa shape index (κ1) is 10.7. The van der Waals surface area contributed by atoms with Gasteiger partial charge in [0.05, 0.1) is 5.39 Å². The molecule has 18 heavy (non-hydrogen) atoms. The number of phenols is 2. The zero-order valence-electron chi connectivity index (χ0n) is 9.84. The van der Waals surface area contributed by atoms with Gasteiger partial charge in [0.25, 0.3) is 0 Å². The lowest BCUT2D eigenvalue weighted by Gasteiger charge is -1.96. The zero-order chi connectivity index (χ0) is 12.7. The van der Waals surface area contributed by atoms with Crippen LogP contribution in [0.1, 0.15) is 5.56 Å². The molecule has 0 aliphatic rings. The second-order valence-electron chi connectivity index (χ2n) is 4.35. The molecular weight excluding hydrogens is 228 g/mol. The number of fused-ring (bicyclic) bond motifs is 1. The Morgan fingerprint density at radius 1 is 0.944 bits per heavy atom. The number of aryl methyl sites for hydroxylation is 1. The first-order chi connectivity index (χ1) is 8.63. The molecule has 3 aromatic rings. The molecule has 90 valence electrons. The van der Waals surface area contributed by atoms with Gasteiger partial charge in [0, 0.05) is 17.7 Å². The van der Waals surface area contributed by atoms with Gasteiger partial charge in [-0.05, 0) is 13.0 Å². The first-order valence-electron chi connectivity index (χ1n) is 5.66. The van der Waals surface area contributed by atoms with E-state index in [4.69, 9.17) is 4.42 Å². The smallest absolute Gasteiger partial charge is 0.142 e. The molecule has 3 heteroatoms. The molecule has 0 radical (unpaired) electrons. The molecule has 0 aliphatic heterocycles. The van der Waals surface area contributed by atoms with Gasteiger partial charge in [0.1, 0.15) is 22.8 Å². The highest BCUT2D eigenvalue weighted by atomic mass is 16.3. The van der Waals surface area contributed by atoms with E-state index in [9.17, 15) is 10.2 Å². The van der Waals surface area contributed by atoms with Crippen LogP contribution in [0.5, 0.6) is 11.5 Å². The van der Waals surface area contributed by atoms with E-state index in [1.165, 1.54) is 17.7 Å². The number of phenolic OH excluding ortho intramolecular Hbond substituents is 2. The monoisotopic (exact) mass is 240 g/mol. The van der Waals surface area contributed by atoms with Crippen LogP contribution in [0.3, 0.4) is 0 Å². The summed E-state index contributed by atoms with van der Waals surface area (Å²) in [7, 11) is 0. The van der Waals surface area contributed by atoms with Crippen LogP contribution >= 0.6 is 0 Å². The Bertz CT molecular complexity index is 708. The van der Waals surface area contributed by atoms with Crippen LogP contribution in [0.15, 0.2) is 46.9 Å². The summed E-state index contributed by atoms with van der Waals surface area (Å²) in [6.45, 7) is 2.02. The lowest BCUT2D eigenvalue weighted by molar-refractivity contribution is 0.453. The van der Waals surface area contributed by atoms with Crippen molar-refractivity contribution in [2.75, 3.05) is 0 Å². The molecule has 0 amide bonds. The van der Waals surface area contributed by atoms with E-state index in [0.29, 0.717) is 16.7 Å². The van der Waals surface area contributed by atoms with Gasteiger partial charge in [-0.1, -0.05) is 29.8 Å². The van der Waals surface area contributed by atoms with Gasteiger partial charge in [-0.3, -0.25) is 0 Å². The second-order valence-corrected chi connectivity index (χ2v) is 4.35. The Morgan fingerprint density at radius 3 is 2.39 bits per heavy atom. The predicted molar refractivity (Wildman–Crippen MR) is 69.7 cm³/mol. The Morgan fingerprint density at radius 2 is 1.67 bits per heavy atom. The average molecular weight is 240 g/mol. The maximum atomic E-state index is 9.74. The molecular formula is C15H12O3. The topological polar surface area (TPSA) is 53.6 Å². The van der Waals surface area contributed by atoms with Gasteiger partial charge in [-0.25, -0.2) is 0 Å². The third-order valence-corrected chi connectivity index (χ3v) is 2.94. The van der Waals surface area contributed by atoms with Crippen molar-refractivity contribution < 1.29 is 14.6 Å². The molecule has 0 spiro atoms. The predicted octanol–water partition coefficient (Wildman–Crippen LogP) is 3.82. The maximum absolute atomic E-state index is 9.74. The molecule has 2 aromatic carbocycles. The largest absolute Gasteiger partial charge is 0.508 e. The molecule has 1 heterocycles. The van der Waals surface area contributed by atoms with Crippen molar-refractivity contribution in [2.24, 2.45) is 0 Å². The van der Waals surface area contributed by atoms with Gasteiger partial charge in [0.2, 0.25) is 0 Å². The molecule has 1 aromatic heterocycles. The van der Waals surface area contributed by atoms with Crippen LogP contribution in [0.4, 0.5) is 0 Å². The number of furan rings is 1. The van der Waals surface area contributed by atoms with Gasteiger partial charge in [-0.15, -0.1) is 0 Å². The minimum absolute atomic E-state index is 0.00944. The fraction of sp³-hybridized carbons (Fsp3) is 0.0667. The second kappa shape index (κ2) is 3.81. The fourth-order valence-corrected chi connectivity index (χ4v) is 1.97. The molecule has 0 unspecified atom stereocenters. The van der Waals surface area contributed by atoms with Crippen LogP contribution in [0.2, 0.25) is 0 Å². The summed E-state index contributed by atoms with van der Waals surface area (Å²) in [5.74, 6) is 0.683. The highest BCUT2D eigenvalue weighted by Gasteiger charge is 2.10. The standard InChI is InChI=1S/C15H12O3/c1-9-2-4-10(5-3-9)14-8-12-13(17)6-11(16)7-15(12)18-14/h2-8,16-17H,1H3. The number of benzene rings is 2. The van der Waals surface area contributed by atoms with E-state index in [-0.39, 0.29) is 11.5 Å². The lowest BCUT2D eigenvalue weighted by Crippen LogP contribution is -1.74. The zero-order valence-corrected chi connectivity index (χ0v) is 9.84. The van der Waals surface area contributed by atoms with Crippen molar-refractivity contribution in [3.8, 4) is 22.8 Å². The third-order valence-electron chi connectivity index (χ3n) is 2.94. The van der Waals surface area contributed by atoms with Crippen LogP contribution in [0.25, 0.3) is 22.3 Å². The van der Waals surface area contributed by atoms with Crippen LogP contribution in [-0.2, 0) is 0 Å². The summed E-state index contributed by atoms with van der Waals surface area (Å²) in [5, 5.41) is 19.7. The van der Waals surface area contributed by atoms with Crippen LogP contribution in [-0.4, -0.2) is 10.2 Å². The quantitative estimate of drug-likeness (QED) is 0.679. The molecule has 0 bridgehead atoms. The van der Waals surface area contributed by atoms with Gasteiger partial charge >= 0.3 is 0 Å². The van der Waals surface area contributed by atoms with Crippen molar-refractivity contribution in [3.63, 3.8) is 0 Å². The van der Waals surface area contributed by atoms with E-state index < -0.39 is 0 Å². The summed E-state index contributed by atoms with van der Waals surface area (Å²) < 4.78 is 5.64. The molecule has 0 saturated carbocycles. The molecule has 0 atom stereocenters. The molecule has 2 N–H and O–H groups in total. The molecule has 3 rings (SSSR count). The summed E-state index contributed by atoms with van der Waals surface area (Å²) in [6.07, 6.45) is 0. The maximum Gasteiger partial charge on any atom is 0.142 e. The minimum atomic E-state index is -0.00944. The lowest BCUT2D eigenvalue weighted by atomic mass is 10.1. The van der Waals surface area contributed by atoms with Crippen molar-refractivity contribution in [3.05, 3.63) is 48.0 Å². The number of aromatic hydroxyl groups is 2. The number of hydrogen-bond donors (Lipinski definition) is 2. The Labute approximate surface area is 104 Å². The highest BCUT2D eigenvalue weighted by molar-refractivity contribution is 5.89. The van der Waals surface area contributed by atoms with E-state index in [2.05, 4.69) is 0 Å². The van der Waals surface area contributed by atoms with E-state index in [1.807, 2.05) is 31.2 Å². The normalized spacial score (nSPS) is 10.9. The van der Waals surface area contributed by atoms with Crippen molar-refractivity contribution in [2.45, 2.75) is 6.92 Å². The van der Waals surface area contributed by atoms with Gasteiger partial charge < -0.3 is 14.6 Å². The molecule has 0 fully saturated rings. The van der Waals surface area contributed by atoms with Crippen molar-refractivity contribution >= 4 is 11.0 Å². The van der Waals surface area contributed by atoms with E-state index in [0.717, 1.165) is 5.56 Å². The molecule has 0 aliphatic carbocycles. The van der Waals surface area contributed by atoms with Crippen LogP contribution in [0, 0.1) is 6.92 Å². The van der Waals surface area contributed by atoms with E-state index in [1.54, 1.807) is 6.07 Å². The average Bonchev–Trinajstić information content (AvgIpc) is 2.74. The summed E-state index contributed by atoms with van der Waals surface area (Å²) in [5.41, 5.74) is 2.59. The van der Waals surface area contributed by atoms with Crippen LogP contribution < -0.4 is 0 Å².